The summed E-state index contributed by atoms with van der Waals surface area (Å²) in [5, 5.41) is 7.69. The van der Waals surface area contributed by atoms with Crippen molar-refractivity contribution in [1.82, 2.24) is 15.5 Å². The summed E-state index contributed by atoms with van der Waals surface area (Å²) in [6, 6.07) is 19.1. The molecule has 1 unspecified atom stereocenters. The van der Waals surface area contributed by atoms with Crippen molar-refractivity contribution in [3.05, 3.63) is 71.8 Å². The first kappa shape index (κ1) is 25.1. The highest BCUT2D eigenvalue weighted by molar-refractivity contribution is 6.01. The van der Waals surface area contributed by atoms with Gasteiger partial charge in [-0.05, 0) is 68.5 Å². The molecule has 34 heavy (non-hydrogen) atoms. The standard InChI is InChI=1S/C27H33N3O4/c1-18(2)29-26(31)17-34-25-15-21-9-7-6-8-20(21)14-23(25)27(32)28-16-24(30(3)4)19-10-12-22(33-5)13-11-19/h6-15,18,24H,16-17H2,1-5H3,(H,28,32)(H,29,31). The fourth-order valence-corrected chi connectivity index (χ4v) is 3.73. The van der Waals surface area contributed by atoms with Crippen molar-refractivity contribution in [3.8, 4) is 11.5 Å². The second-order valence-corrected chi connectivity index (χ2v) is 8.67. The Bertz CT molecular complexity index is 1130. The zero-order valence-electron chi connectivity index (χ0n) is 20.4. The van der Waals surface area contributed by atoms with Crippen molar-refractivity contribution in [2.45, 2.75) is 25.9 Å². The first-order chi connectivity index (χ1) is 16.3. The van der Waals surface area contributed by atoms with E-state index in [0.29, 0.717) is 17.9 Å². The molecule has 0 heterocycles. The van der Waals surface area contributed by atoms with E-state index in [1.54, 1.807) is 19.2 Å². The highest BCUT2D eigenvalue weighted by Crippen LogP contribution is 2.27. The van der Waals surface area contributed by atoms with Crippen LogP contribution in [0, 0.1) is 0 Å². The summed E-state index contributed by atoms with van der Waals surface area (Å²) in [5.41, 5.74) is 1.45. The van der Waals surface area contributed by atoms with E-state index in [0.717, 1.165) is 22.1 Å². The fourth-order valence-electron chi connectivity index (χ4n) is 3.73. The molecule has 0 saturated heterocycles. The normalized spacial score (nSPS) is 12.0. The van der Waals surface area contributed by atoms with Gasteiger partial charge in [0.1, 0.15) is 11.5 Å². The number of amides is 2. The van der Waals surface area contributed by atoms with Gasteiger partial charge in [-0.25, -0.2) is 0 Å². The second kappa shape index (κ2) is 11.5. The van der Waals surface area contributed by atoms with Crippen molar-refractivity contribution in [1.29, 1.82) is 0 Å². The Morgan fingerprint density at radius 3 is 2.21 bits per heavy atom. The number of fused-ring (bicyclic) bond motifs is 1. The van der Waals surface area contributed by atoms with Crippen LogP contribution in [0.5, 0.6) is 11.5 Å². The number of likely N-dealkylation sites (N-methyl/N-ethyl adjacent to an activating group) is 1. The predicted octanol–water partition coefficient (Wildman–Crippen LogP) is 3.78. The largest absolute Gasteiger partial charge is 0.497 e. The van der Waals surface area contributed by atoms with Crippen LogP contribution in [0.1, 0.15) is 35.8 Å². The van der Waals surface area contributed by atoms with Crippen molar-refractivity contribution >= 4 is 22.6 Å². The Morgan fingerprint density at radius 1 is 0.971 bits per heavy atom. The van der Waals surface area contributed by atoms with Gasteiger partial charge in [-0.1, -0.05) is 36.4 Å². The molecule has 0 radical (unpaired) electrons. The summed E-state index contributed by atoms with van der Waals surface area (Å²) in [7, 11) is 5.58. The van der Waals surface area contributed by atoms with Crippen molar-refractivity contribution in [2.24, 2.45) is 0 Å². The first-order valence-electron chi connectivity index (χ1n) is 11.3. The number of rotatable bonds is 10. The van der Waals surface area contributed by atoms with Gasteiger partial charge in [0.2, 0.25) is 0 Å². The van der Waals surface area contributed by atoms with E-state index in [4.69, 9.17) is 9.47 Å². The minimum absolute atomic E-state index is 0.0105. The van der Waals surface area contributed by atoms with E-state index in [2.05, 4.69) is 15.5 Å². The Kier molecular flexibility index (Phi) is 8.49. The molecule has 3 aromatic carbocycles. The molecule has 2 N–H and O–H groups in total. The number of hydrogen-bond donors (Lipinski definition) is 2. The number of carbonyl (C=O) groups is 2. The minimum Gasteiger partial charge on any atom is -0.497 e. The van der Waals surface area contributed by atoms with E-state index in [9.17, 15) is 9.59 Å². The lowest BCUT2D eigenvalue weighted by atomic mass is 10.0. The number of benzene rings is 3. The Balaban J connectivity index is 1.81. The number of nitrogens with zero attached hydrogens (tertiary/aromatic N) is 1. The molecule has 0 saturated carbocycles. The average Bonchev–Trinajstić information content (AvgIpc) is 2.82. The second-order valence-electron chi connectivity index (χ2n) is 8.67. The molecule has 0 aromatic heterocycles. The van der Waals surface area contributed by atoms with E-state index in [1.807, 2.05) is 76.5 Å². The highest BCUT2D eigenvalue weighted by atomic mass is 16.5. The first-order valence-corrected chi connectivity index (χ1v) is 11.3. The molecule has 2 amide bonds. The number of hydrogen-bond acceptors (Lipinski definition) is 5. The van der Waals surface area contributed by atoms with Crippen LogP contribution in [0.4, 0.5) is 0 Å². The molecular formula is C27H33N3O4. The van der Waals surface area contributed by atoms with Gasteiger partial charge in [-0.2, -0.15) is 0 Å². The number of ether oxygens (including phenoxy) is 2. The summed E-state index contributed by atoms with van der Waals surface area (Å²) in [5.74, 6) is 0.665. The maximum atomic E-state index is 13.3. The molecule has 1 atom stereocenters. The molecule has 0 aliphatic carbocycles. The van der Waals surface area contributed by atoms with Gasteiger partial charge < -0.3 is 25.0 Å². The van der Waals surface area contributed by atoms with E-state index in [1.165, 1.54) is 0 Å². The lowest BCUT2D eigenvalue weighted by Crippen LogP contribution is -2.35. The summed E-state index contributed by atoms with van der Waals surface area (Å²) in [6.07, 6.45) is 0. The van der Waals surface area contributed by atoms with Crippen LogP contribution >= 0.6 is 0 Å². The highest BCUT2D eigenvalue weighted by Gasteiger charge is 2.19. The van der Waals surface area contributed by atoms with Gasteiger partial charge in [-0.15, -0.1) is 0 Å². The van der Waals surface area contributed by atoms with Crippen molar-refractivity contribution in [3.63, 3.8) is 0 Å². The zero-order valence-corrected chi connectivity index (χ0v) is 20.4. The zero-order chi connectivity index (χ0) is 24.7. The van der Waals surface area contributed by atoms with Crippen LogP contribution in [0.15, 0.2) is 60.7 Å². The molecule has 7 heteroatoms. The topological polar surface area (TPSA) is 79.9 Å². The smallest absolute Gasteiger partial charge is 0.258 e. The minimum atomic E-state index is -0.259. The third-order valence-electron chi connectivity index (χ3n) is 5.48. The fraction of sp³-hybridized carbons (Fsp3) is 0.333. The predicted molar refractivity (Wildman–Crippen MR) is 134 cm³/mol. The maximum absolute atomic E-state index is 13.3. The van der Waals surface area contributed by atoms with Crippen LogP contribution in [-0.2, 0) is 4.79 Å². The van der Waals surface area contributed by atoms with Gasteiger partial charge in [0.25, 0.3) is 11.8 Å². The quantitative estimate of drug-likeness (QED) is 0.478. The van der Waals surface area contributed by atoms with Crippen molar-refractivity contribution < 1.29 is 19.1 Å². The Labute approximate surface area is 201 Å². The molecule has 0 spiro atoms. The van der Waals surface area contributed by atoms with Crippen LogP contribution in [-0.4, -0.2) is 57.1 Å². The van der Waals surface area contributed by atoms with Gasteiger partial charge in [0.15, 0.2) is 6.61 Å². The van der Waals surface area contributed by atoms with E-state index < -0.39 is 0 Å². The molecule has 180 valence electrons. The SMILES string of the molecule is COc1ccc(C(CNC(=O)c2cc3ccccc3cc2OCC(=O)NC(C)C)N(C)C)cc1. The molecule has 0 aliphatic rings. The number of carbonyl (C=O) groups excluding carboxylic acids is 2. The van der Waals surface area contributed by atoms with Gasteiger partial charge in [0.05, 0.1) is 18.7 Å². The third-order valence-corrected chi connectivity index (χ3v) is 5.48. The molecule has 0 bridgehead atoms. The van der Waals surface area contributed by atoms with Gasteiger partial charge in [-0.3, -0.25) is 9.59 Å². The van der Waals surface area contributed by atoms with Crippen LogP contribution in [0.3, 0.4) is 0 Å². The molecule has 7 nitrogen and oxygen atoms in total. The van der Waals surface area contributed by atoms with Crippen LogP contribution < -0.4 is 20.1 Å². The van der Waals surface area contributed by atoms with Gasteiger partial charge >= 0.3 is 0 Å². The van der Waals surface area contributed by atoms with Crippen molar-refractivity contribution in [2.75, 3.05) is 34.4 Å². The van der Waals surface area contributed by atoms with Crippen LogP contribution in [0.25, 0.3) is 10.8 Å². The Morgan fingerprint density at radius 2 is 1.62 bits per heavy atom. The summed E-state index contributed by atoms with van der Waals surface area (Å²) in [4.78, 5) is 27.4. The molecule has 3 aromatic rings. The molecule has 0 fully saturated rings. The monoisotopic (exact) mass is 463 g/mol. The van der Waals surface area contributed by atoms with E-state index in [-0.39, 0.29) is 30.5 Å². The molecule has 3 rings (SSSR count). The third kappa shape index (κ3) is 6.48. The maximum Gasteiger partial charge on any atom is 0.258 e. The summed E-state index contributed by atoms with van der Waals surface area (Å²) >= 11 is 0. The Hall–Kier alpha value is -3.58. The summed E-state index contributed by atoms with van der Waals surface area (Å²) in [6.45, 7) is 4.01. The van der Waals surface area contributed by atoms with Crippen LogP contribution in [0.2, 0.25) is 0 Å². The molecular weight excluding hydrogens is 430 g/mol. The number of nitrogens with one attached hydrogen (secondary N) is 2. The number of methoxy groups -OCH3 is 1. The van der Waals surface area contributed by atoms with Gasteiger partial charge in [0, 0.05) is 12.6 Å². The lowest BCUT2D eigenvalue weighted by Gasteiger charge is -2.25. The average molecular weight is 464 g/mol. The van der Waals surface area contributed by atoms with E-state index >= 15 is 0 Å². The summed E-state index contributed by atoms with van der Waals surface area (Å²) < 4.78 is 11.0. The lowest BCUT2D eigenvalue weighted by molar-refractivity contribution is -0.123. The molecule has 0 aliphatic heterocycles.